The molecule has 0 radical (unpaired) electrons. The molecule has 3 aromatic carbocycles. The van der Waals surface area contributed by atoms with E-state index in [-0.39, 0.29) is 72.4 Å². The summed E-state index contributed by atoms with van der Waals surface area (Å²) in [5, 5.41) is 47.9. The number of rotatable bonds is 12. The molecule has 92 heavy (non-hydrogen) atoms. The van der Waals surface area contributed by atoms with Crippen molar-refractivity contribution >= 4 is 29.5 Å². The van der Waals surface area contributed by atoms with Gasteiger partial charge in [-0.3, -0.25) is 14.4 Å². The number of nitrogens with zero attached hydrogens (tertiary/aromatic N) is 14. The number of likely N-dealkylation sites (tertiary alicyclic amines) is 3. The molecule has 25 nitrogen and oxygen atoms in total. The number of nitrogens with two attached hydrogens (primary N) is 1. The smallest absolute Gasteiger partial charge is 0.356 e. The third-order valence-corrected chi connectivity index (χ3v) is 19.9. The van der Waals surface area contributed by atoms with Gasteiger partial charge in [0.2, 0.25) is 29.4 Å². The zero-order valence-electron chi connectivity index (χ0n) is 51.4. The molecule has 6 atom stereocenters. The van der Waals surface area contributed by atoms with Crippen LogP contribution in [0.15, 0.2) is 87.4 Å². The molecule has 17 rings (SSSR count). The molecule has 3 amide bonds. The molecule has 0 bridgehead atoms. The van der Waals surface area contributed by atoms with Crippen molar-refractivity contribution < 1.29 is 48.8 Å². The quantitative estimate of drug-likeness (QED) is 0.0346. The van der Waals surface area contributed by atoms with Gasteiger partial charge in [0.1, 0.15) is 28.9 Å². The fraction of sp³-hybridized carbons (Fsp3) is 0.463. The monoisotopic (exact) mass is 1250 g/mol. The maximum atomic E-state index is 12.4. The summed E-state index contributed by atoms with van der Waals surface area (Å²) in [7, 11) is 0. The molecule has 9 aliphatic rings. The molecule has 0 saturated carbocycles. The number of aromatic nitrogens is 10. The first kappa shape index (κ1) is 60.2. The van der Waals surface area contributed by atoms with Crippen LogP contribution >= 0.6 is 0 Å². The van der Waals surface area contributed by atoms with Crippen LogP contribution < -0.4 is 5.73 Å². The Hall–Kier alpha value is -9.36. The zero-order chi connectivity index (χ0) is 63.3. The highest BCUT2D eigenvalue weighted by Gasteiger charge is 2.49. The summed E-state index contributed by atoms with van der Waals surface area (Å²) in [4.78, 5) is 75.7. The third kappa shape index (κ3) is 11.1. The van der Waals surface area contributed by atoms with Crippen LogP contribution in [0.4, 0.5) is 0 Å². The number of carboxylic acid groups (broad SMARTS) is 1. The number of aliphatic hydroxyl groups is 2. The third-order valence-electron chi connectivity index (χ3n) is 19.9. The molecule has 5 aromatic heterocycles. The number of hydrogen-bond acceptors (Lipinski definition) is 17. The normalized spacial score (nSPS) is 22.0. The minimum atomic E-state index is -0.933. The van der Waals surface area contributed by atoms with Crippen molar-refractivity contribution in [2.45, 2.75) is 147 Å². The lowest BCUT2D eigenvalue weighted by Crippen LogP contribution is -2.30. The van der Waals surface area contributed by atoms with Crippen molar-refractivity contribution in [3.8, 4) is 45.9 Å². The van der Waals surface area contributed by atoms with E-state index in [4.69, 9.17) is 25.1 Å². The number of hydrogen-bond donors (Lipinski definition) is 5. The predicted octanol–water partition coefficient (Wildman–Crippen LogP) is 7.30. The summed E-state index contributed by atoms with van der Waals surface area (Å²) in [6.45, 7) is 6.48. The topological polar surface area (TPSA) is 329 Å². The van der Waals surface area contributed by atoms with Gasteiger partial charge in [0.15, 0.2) is 11.5 Å². The average Bonchev–Trinajstić information content (AvgIpc) is 1.61. The number of benzene rings is 3. The Balaban J connectivity index is 0.000000112. The van der Waals surface area contributed by atoms with Crippen LogP contribution in [0.5, 0.6) is 0 Å². The molecule has 6 aliphatic heterocycles. The molecule has 3 fully saturated rings. The lowest BCUT2D eigenvalue weighted by molar-refractivity contribution is -0.130. The number of fused-ring (bicyclic) bond motifs is 12. The van der Waals surface area contributed by atoms with E-state index in [0.717, 1.165) is 146 Å². The molecule has 11 heterocycles. The number of imidazole rings is 3. The van der Waals surface area contributed by atoms with Gasteiger partial charge in [-0.25, -0.2) is 19.7 Å². The fourth-order valence-electron chi connectivity index (χ4n) is 15.9. The standard InChI is InChI=1S/2C22H23N5O3.C15H19N3O2.C8H10N2O2/c2*28-9-8-27-19(29)11-13-10-16-14(20(13)27)4-3-5-15(16)21-24-22(30-25-21)17-12-26-7-2-1-6-18(26)23-17;1-2-6-18-13(19)8-9-7-12-10(14(9)18)4-3-5-11(12)15(16)17-20;11-8(12)6-5-10-4-2-1-3-7(10)9-6/h2*3-5,12-13,20,28H,1-2,6-11H2;3-5,9,14,20H,2,6-8H2,1H3,(H2,16,17);5H,1-4H2,(H,11,12). The van der Waals surface area contributed by atoms with E-state index in [1.807, 2.05) is 68.1 Å². The van der Waals surface area contributed by atoms with Gasteiger partial charge in [0.05, 0.1) is 31.3 Å². The number of β-amino-alcohol motifs (C(OH)–C–C–N with tert-alkyl or cyclic N) is 2. The minimum Gasteiger partial charge on any atom is -0.476 e. The fourth-order valence-corrected chi connectivity index (χ4v) is 15.9. The van der Waals surface area contributed by atoms with Crippen molar-refractivity contribution in [2.24, 2.45) is 28.6 Å². The SMILES string of the molecule is CCCN1C(=O)CC2Cc3c(/C(N)=N/O)cccc3C21.O=C(O)c1cn2c(n1)CCCC2.O=C1CC2Cc3c(-c4noc(-c5cn6c(n5)CCCC6)n4)cccc3C2N1CCO.O=C1CC2Cc3c(-c4noc(-c5cn6c(n5)CCCC6)n4)cccc3C2N1CCO. The van der Waals surface area contributed by atoms with Crippen molar-refractivity contribution in [1.82, 2.24) is 63.6 Å². The van der Waals surface area contributed by atoms with Crippen LogP contribution in [0.3, 0.4) is 0 Å². The Morgan fingerprint density at radius 1 is 0.554 bits per heavy atom. The molecule has 8 aromatic rings. The van der Waals surface area contributed by atoms with Crippen LogP contribution in [-0.2, 0) is 72.5 Å². The molecule has 25 heteroatoms. The van der Waals surface area contributed by atoms with Gasteiger partial charge in [-0.1, -0.05) is 77.0 Å². The van der Waals surface area contributed by atoms with Gasteiger partial charge >= 0.3 is 5.97 Å². The summed E-state index contributed by atoms with van der Waals surface area (Å²) in [6, 6.07) is 18.3. The molecule has 6 unspecified atom stereocenters. The van der Waals surface area contributed by atoms with E-state index in [1.54, 1.807) is 6.20 Å². The van der Waals surface area contributed by atoms with Crippen LogP contribution in [0, 0.1) is 17.8 Å². The number of aromatic carboxylic acids is 1. The molecular weight excluding hydrogens is 1170 g/mol. The van der Waals surface area contributed by atoms with Crippen LogP contribution in [0.1, 0.15) is 156 Å². The van der Waals surface area contributed by atoms with Crippen LogP contribution in [-0.4, -0.2) is 147 Å². The largest absolute Gasteiger partial charge is 0.476 e. The summed E-state index contributed by atoms with van der Waals surface area (Å²) in [5.41, 5.74) is 17.0. The molecule has 0 spiro atoms. The number of amidine groups is 1. The van der Waals surface area contributed by atoms with Gasteiger partial charge in [-0.05, 0) is 115 Å². The second-order valence-electron chi connectivity index (χ2n) is 25.4. The van der Waals surface area contributed by atoms with E-state index in [9.17, 15) is 29.4 Å². The Labute approximate surface area is 530 Å². The van der Waals surface area contributed by atoms with Gasteiger partial charge in [-0.15, -0.1) is 0 Å². The first-order valence-corrected chi connectivity index (χ1v) is 32.4. The Morgan fingerprint density at radius 2 is 0.978 bits per heavy atom. The number of aryl methyl sites for hydroxylation is 6. The lowest BCUT2D eigenvalue weighted by Gasteiger charge is -2.24. The molecule has 478 valence electrons. The van der Waals surface area contributed by atoms with Crippen LogP contribution in [0.2, 0.25) is 0 Å². The second kappa shape index (κ2) is 25.4. The first-order valence-electron chi connectivity index (χ1n) is 32.4. The summed E-state index contributed by atoms with van der Waals surface area (Å²) in [5.74, 6) is 5.62. The highest BCUT2D eigenvalue weighted by molar-refractivity contribution is 5.99. The van der Waals surface area contributed by atoms with E-state index < -0.39 is 5.97 Å². The Morgan fingerprint density at radius 3 is 1.40 bits per heavy atom. The highest BCUT2D eigenvalue weighted by atomic mass is 16.5. The van der Waals surface area contributed by atoms with E-state index in [1.165, 1.54) is 42.4 Å². The summed E-state index contributed by atoms with van der Waals surface area (Å²) >= 11 is 0. The number of oxime groups is 1. The second-order valence-corrected chi connectivity index (χ2v) is 25.4. The van der Waals surface area contributed by atoms with Crippen molar-refractivity contribution in [2.75, 3.05) is 32.8 Å². The van der Waals surface area contributed by atoms with E-state index in [2.05, 4.69) is 74.6 Å². The number of carbonyl (C=O) groups excluding carboxylic acids is 3. The van der Waals surface area contributed by atoms with E-state index in [0.29, 0.717) is 61.7 Å². The molecule has 6 N–H and O–H groups in total. The number of carbonyl (C=O) groups is 4. The van der Waals surface area contributed by atoms with Crippen molar-refractivity contribution in [1.29, 1.82) is 0 Å². The van der Waals surface area contributed by atoms with Crippen molar-refractivity contribution in [3.63, 3.8) is 0 Å². The maximum Gasteiger partial charge on any atom is 0.356 e. The van der Waals surface area contributed by atoms with Gasteiger partial charge in [0.25, 0.3) is 11.8 Å². The molecular formula is C67H75N15O10. The molecule has 3 saturated heterocycles. The number of amides is 3. The van der Waals surface area contributed by atoms with Gasteiger partial charge < -0.3 is 63.7 Å². The van der Waals surface area contributed by atoms with Gasteiger partial charge in [0, 0.05) is 113 Å². The van der Waals surface area contributed by atoms with E-state index >= 15 is 0 Å². The van der Waals surface area contributed by atoms with Gasteiger partial charge in [-0.2, -0.15) is 9.97 Å². The predicted molar refractivity (Wildman–Crippen MR) is 332 cm³/mol. The lowest BCUT2D eigenvalue weighted by atomic mass is 10.0. The van der Waals surface area contributed by atoms with Crippen LogP contribution in [0.25, 0.3) is 45.9 Å². The highest BCUT2D eigenvalue weighted by Crippen LogP contribution is 2.52. The summed E-state index contributed by atoms with van der Waals surface area (Å²) < 4.78 is 17.5. The number of aliphatic hydroxyl groups excluding tert-OH is 2. The first-order chi connectivity index (χ1) is 44.9. The van der Waals surface area contributed by atoms with Crippen molar-refractivity contribution in [3.05, 3.63) is 135 Å². The summed E-state index contributed by atoms with van der Waals surface area (Å²) in [6.07, 6.45) is 20.5. The Bertz CT molecular complexity index is 3910. The zero-order valence-corrected chi connectivity index (χ0v) is 51.4. The minimum absolute atomic E-state index is 0.0210. The number of carboxylic acids is 1. The Kier molecular flexibility index (Phi) is 16.6. The maximum absolute atomic E-state index is 12.4. The average molecular weight is 1250 g/mol. The molecule has 3 aliphatic carbocycles.